The minimum atomic E-state index is -5.28. The summed E-state index contributed by atoms with van der Waals surface area (Å²) in [5.41, 5.74) is -3.24. The molecule has 0 spiro atoms. The van der Waals surface area contributed by atoms with Gasteiger partial charge in [0.05, 0.1) is 11.0 Å². The van der Waals surface area contributed by atoms with Crippen LogP contribution in [0.5, 0.6) is 5.88 Å². The standard InChI is InChI=1S/C7H2F6N2O3/c8-5(9)4-2(15(16)17)1-3(14-6(4)10)18-7(11,12)13/h1,5H. The quantitative estimate of drug-likeness (QED) is 0.368. The van der Waals surface area contributed by atoms with Gasteiger partial charge in [-0.3, -0.25) is 10.1 Å². The molecule has 0 saturated carbocycles. The second kappa shape index (κ2) is 4.66. The van der Waals surface area contributed by atoms with Crippen LogP contribution in [0.2, 0.25) is 0 Å². The van der Waals surface area contributed by atoms with Crippen LogP contribution in [0.1, 0.15) is 12.0 Å². The first-order valence-corrected chi connectivity index (χ1v) is 4.00. The van der Waals surface area contributed by atoms with E-state index in [9.17, 15) is 36.5 Å². The second-order valence-corrected chi connectivity index (χ2v) is 2.79. The molecule has 0 aliphatic carbocycles. The van der Waals surface area contributed by atoms with Gasteiger partial charge in [-0.05, 0) is 0 Å². The van der Waals surface area contributed by atoms with Crippen molar-refractivity contribution in [2.45, 2.75) is 12.8 Å². The van der Waals surface area contributed by atoms with E-state index in [1.165, 1.54) is 0 Å². The van der Waals surface area contributed by atoms with E-state index in [-0.39, 0.29) is 6.07 Å². The third-order valence-corrected chi connectivity index (χ3v) is 1.60. The number of nitro groups is 1. The van der Waals surface area contributed by atoms with Gasteiger partial charge in [0.2, 0.25) is 11.8 Å². The zero-order valence-electron chi connectivity index (χ0n) is 8.04. The summed E-state index contributed by atoms with van der Waals surface area (Å²) in [6.07, 6.45) is -8.88. The fourth-order valence-corrected chi connectivity index (χ4v) is 1.01. The number of hydrogen-bond acceptors (Lipinski definition) is 4. The Morgan fingerprint density at radius 3 is 2.33 bits per heavy atom. The maximum atomic E-state index is 13.0. The van der Waals surface area contributed by atoms with Gasteiger partial charge in [0.1, 0.15) is 0 Å². The van der Waals surface area contributed by atoms with E-state index < -0.39 is 40.8 Å². The highest BCUT2D eigenvalue weighted by Crippen LogP contribution is 2.34. The van der Waals surface area contributed by atoms with Crippen molar-refractivity contribution in [3.63, 3.8) is 0 Å². The Bertz CT molecular complexity index is 475. The number of halogens is 6. The zero-order valence-corrected chi connectivity index (χ0v) is 8.04. The molecule has 0 N–H and O–H groups in total. The molecular formula is C7H2F6N2O3. The predicted molar refractivity (Wildman–Crippen MR) is 42.5 cm³/mol. The normalized spacial score (nSPS) is 11.7. The Labute approximate surface area is 94.1 Å². The molecule has 11 heteroatoms. The van der Waals surface area contributed by atoms with Crippen molar-refractivity contribution in [1.29, 1.82) is 0 Å². The lowest BCUT2D eigenvalue weighted by Gasteiger charge is -2.09. The van der Waals surface area contributed by atoms with Crippen LogP contribution in [0, 0.1) is 16.1 Å². The first kappa shape index (κ1) is 14.0. The molecule has 1 rings (SSSR count). The summed E-state index contributed by atoms with van der Waals surface area (Å²) >= 11 is 0. The molecule has 0 fully saturated rings. The molecule has 0 aliphatic rings. The lowest BCUT2D eigenvalue weighted by atomic mass is 10.2. The number of pyridine rings is 1. The van der Waals surface area contributed by atoms with Gasteiger partial charge in [0, 0.05) is 0 Å². The molecule has 0 atom stereocenters. The second-order valence-electron chi connectivity index (χ2n) is 2.79. The van der Waals surface area contributed by atoms with Gasteiger partial charge in [-0.2, -0.15) is 9.37 Å². The van der Waals surface area contributed by atoms with Gasteiger partial charge in [0.15, 0.2) is 5.56 Å². The number of alkyl halides is 5. The molecule has 0 aliphatic heterocycles. The molecule has 0 unspecified atom stereocenters. The van der Waals surface area contributed by atoms with Gasteiger partial charge in [0.25, 0.3) is 12.1 Å². The topological polar surface area (TPSA) is 65.3 Å². The number of aromatic nitrogens is 1. The fourth-order valence-electron chi connectivity index (χ4n) is 1.01. The van der Waals surface area contributed by atoms with Crippen molar-refractivity contribution in [2.24, 2.45) is 0 Å². The minimum absolute atomic E-state index is 0.0297. The summed E-state index contributed by atoms with van der Waals surface area (Å²) in [5.74, 6) is -3.63. The van der Waals surface area contributed by atoms with Crippen LogP contribution in [0.3, 0.4) is 0 Å². The van der Waals surface area contributed by atoms with E-state index in [1.54, 1.807) is 0 Å². The van der Waals surface area contributed by atoms with E-state index in [2.05, 4.69) is 9.72 Å². The van der Waals surface area contributed by atoms with E-state index in [1.807, 2.05) is 0 Å². The molecule has 5 nitrogen and oxygen atoms in total. The Morgan fingerprint density at radius 1 is 1.39 bits per heavy atom. The monoisotopic (exact) mass is 276 g/mol. The summed E-state index contributed by atoms with van der Waals surface area (Å²) in [6.45, 7) is 0. The molecule has 1 heterocycles. The van der Waals surface area contributed by atoms with Crippen molar-refractivity contribution in [2.75, 3.05) is 0 Å². The molecule has 1 aromatic rings. The van der Waals surface area contributed by atoms with Crippen LogP contribution < -0.4 is 4.74 Å². The molecule has 100 valence electrons. The highest BCUT2D eigenvalue weighted by Gasteiger charge is 2.35. The van der Waals surface area contributed by atoms with E-state index in [0.717, 1.165) is 0 Å². The van der Waals surface area contributed by atoms with Crippen molar-refractivity contribution < 1.29 is 36.0 Å². The van der Waals surface area contributed by atoms with Crippen LogP contribution in [0.15, 0.2) is 6.07 Å². The molecule has 18 heavy (non-hydrogen) atoms. The van der Waals surface area contributed by atoms with Crippen molar-refractivity contribution in [3.8, 4) is 5.88 Å². The van der Waals surface area contributed by atoms with Crippen LogP contribution in [-0.4, -0.2) is 16.3 Å². The van der Waals surface area contributed by atoms with Gasteiger partial charge in [-0.1, -0.05) is 0 Å². The minimum Gasteiger partial charge on any atom is -0.388 e. The number of rotatable bonds is 3. The van der Waals surface area contributed by atoms with E-state index >= 15 is 0 Å². The molecular weight excluding hydrogens is 274 g/mol. The first-order chi connectivity index (χ1) is 8.11. The molecule has 0 bridgehead atoms. The summed E-state index contributed by atoms with van der Waals surface area (Å²) in [6, 6.07) is -0.0297. The van der Waals surface area contributed by atoms with E-state index in [4.69, 9.17) is 0 Å². The van der Waals surface area contributed by atoms with Crippen molar-refractivity contribution in [3.05, 3.63) is 27.7 Å². The van der Waals surface area contributed by atoms with Gasteiger partial charge in [-0.25, -0.2) is 8.78 Å². The average molecular weight is 276 g/mol. The molecule has 1 aromatic heterocycles. The van der Waals surface area contributed by atoms with Gasteiger partial charge >= 0.3 is 6.36 Å². The van der Waals surface area contributed by atoms with Crippen molar-refractivity contribution in [1.82, 2.24) is 4.98 Å². The van der Waals surface area contributed by atoms with Crippen LogP contribution in [0.25, 0.3) is 0 Å². The predicted octanol–water partition coefficient (Wildman–Crippen LogP) is 2.97. The largest absolute Gasteiger partial charge is 0.574 e. The number of ether oxygens (including phenoxy) is 1. The Morgan fingerprint density at radius 2 is 1.94 bits per heavy atom. The van der Waals surface area contributed by atoms with Crippen LogP contribution in [0.4, 0.5) is 32.0 Å². The SMILES string of the molecule is O=[N+]([O-])c1cc(OC(F)(F)F)nc(F)c1C(F)F. The Balaban J connectivity index is 3.32. The first-order valence-electron chi connectivity index (χ1n) is 4.00. The summed E-state index contributed by atoms with van der Waals surface area (Å²) in [5, 5.41) is 10.3. The number of hydrogen-bond donors (Lipinski definition) is 0. The third-order valence-electron chi connectivity index (χ3n) is 1.60. The smallest absolute Gasteiger partial charge is 0.388 e. The lowest BCUT2D eigenvalue weighted by Crippen LogP contribution is -2.18. The zero-order chi connectivity index (χ0) is 14.1. The van der Waals surface area contributed by atoms with Gasteiger partial charge < -0.3 is 4.74 Å². The highest BCUT2D eigenvalue weighted by atomic mass is 19.4. The lowest BCUT2D eigenvalue weighted by molar-refractivity contribution is -0.386. The molecule has 0 saturated heterocycles. The van der Waals surface area contributed by atoms with Crippen LogP contribution in [-0.2, 0) is 0 Å². The highest BCUT2D eigenvalue weighted by molar-refractivity contribution is 5.43. The summed E-state index contributed by atoms with van der Waals surface area (Å²) in [7, 11) is 0. The maximum absolute atomic E-state index is 13.0. The average Bonchev–Trinajstić information content (AvgIpc) is 2.12. The summed E-state index contributed by atoms with van der Waals surface area (Å²) < 4.78 is 75.9. The van der Waals surface area contributed by atoms with Gasteiger partial charge in [-0.15, -0.1) is 13.2 Å². The maximum Gasteiger partial charge on any atom is 0.574 e. The molecule has 0 radical (unpaired) electrons. The fraction of sp³-hybridized carbons (Fsp3) is 0.286. The summed E-state index contributed by atoms with van der Waals surface area (Å²) in [4.78, 5) is 11.3. The van der Waals surface area contributed by atoms with E-state index in [0.29, 0.717) is 0 Å². The van der Waals surface area contributed by atoms with Crippen LogP contribution >= 0.6 is 0 Å². The molecule has 0 aromatic carbocycles. The Hall–Kier alpha value is -2.07. The number of nitrogens with zero attached hydrogens (tertiary/aromatic N) is 2. The van der Waals surface area contributed by atoms with Crippen molar-refractivity contribution >= 4 is 5.69 Å². The Kier molecular flexibility index (Phi) is 3.62. The third kappa shape index (κ3) is 3.21. The molecule has 0 amide bonds.